The van der Waals surface area contributed by atoms with Crippen LogP contribution in [0.1, 0.15) is 60.3 Å². The number of aliphatic hydroxyl groups is 8. The fourth-order valence-electron chi connectivity index (χ4n) is 6.06. The number of amides is 1. The summed E-state index contributed by atoms with van der Waals surface area (Å²) in [7, 11) is 0. The van der Waals surface area contributed by atoms with E-state index in [0.717, 1.165) is 12.8 Å². The van der Waals surface area contributed by atoms with Crippen molar-refractivity contribution >= 4 is 5.91 Å². The predicted octanol–water partition coefficient (Wildman–Crippen LogP) is -2.77. The standard InChI is InChI=1S/C29H53NO15/c1-6-8-9-40-27-13(3)24(21(37)17(11-31)41-27)43-28-23(39)26(22(38)18(12-32)42-28)45-29(5)10-16(35)19(30-14(4)33)25(44-29)20(36)15(34)7-2/h13,15-28,31-32,34-39H,6-12H2,1-5H3,(H,30,33)/t13?,15-,16-,17?,18?,19-,20-,21+,22+,23?,24-,25?,26+,27-,28+,29-/m1/s1. The first-order chi connectivity index (χ1) is 21.2. The molecule has 9 N–H and O–H groups in total. The van der Waals surface area contributed by atoms with Gasteiger partial charge in [-0.1, -0.05) is 27.2 Å². The van der Waals surface area contributed by atoms with Crippen LogP contribution in [0.15, 0.2) is 0 Å². The third-order valence-electron chi connectivity index (χ3n) is 8.69. The highest BCUT2D eigenvalue weighted by atomic mass is 16.7. The van der Waals surface area contributed by atoms with Crippen LogP contribution in [-0.4, -0.2) is 158 Å². The second-order valence-corrected chi connectivity index (χ2v) is 12.4. The van der Waals surface area contributed by atoms with Crippen molar-refractivity contribution in [1.82, 2.24) is 5.32 Å². The Morgan fingerprint density at radius 2 is 1.58 bits per heavy atom. The van der Waals surface area contributed by atoms with Gasteiger partial charge in [0.2, 0.25) is 5.91 Å². The summed E-state index contributed by atoms with van der Waals surface area (Å²) in [6.07, 6.45) is -16.3. The van der Waals surface area contributed by atoms with Gasteiger partial charge in [0, 0.05) is 25.9 Å². The number of carbonyl (C=O) groups excluding carboxylic acids is 1. The van der Waals surface area contributed by atoms with E-state index in [4.69, 9.17) is 28.4 Å². The first-order valence-electron chi connectivity index (χ1n) is 15.7. The summed E-state index contributed by atoms with van der Waals surface area (Å²) >= 11 is 0. The molecule has 0 saturated carbocycles. The Kier molecular flexibility index (Phi) is 14.4. The van der Waals surface area contributed by atoms with Crippen LogP contribution in [0, 0.1) is 5.92 Å². The molecule has 16 nitrogen and oxygen atoms in total. The lowest BCUT2D eigenvalue weighted by molar-refractivity contribution is -0.386. The normalized spacial score (nSPS) is 43.9. The molecule has 3 heterocycles. The number of ether oxygens (including phenoxy) is 6. The smallest absolute Gasteiger partial charge is 0.217 e. The second kappa shape index (κ2) is 16.8. The molecule has 0 aromatic rings. The van der Waals surface area contributed by atoms with Gasteiger partial charge < -0.3 is 74.6 Å². The van der Waals surface area contributed by atoms with Crippen molar-refractivity contribution < 1.29 is 74.1 Å². The maximum absolute atomic E-state index is 11.9. The van der Waals surface area contributed by atoms with E-state index >= 15 is 0 Å². The van der Waals surface area contributed by atoms with Gasteiger partial charge in [-0.3, -0.25) is 4.79 Å². The number of aliphatic hydroxyl groups excluding tert-OH is 8. The molecule has 0 radical (unpaired) electrons. The number of nitrogens with one attached hydrogen (secondary N) is 1. The minimum atomic E-state index is -1.80. The lowest BCUT2D eigenvalue weighted by atomic mass is 9.88. The van der Waals surface area contributed by atoms with E-state index in [9.17, 15) is 45.6 Å². The van der Waals surface area contributed by atoms with Crippen LogP contribution in [0.25, 0.3) is 0 Å². The SMILES string of the molecule is CCCCO[C@@H]1OC(CO)[C@H](O)[C@H](O[C@@H]2OC(CO)[C@H](O)[C@H](O[C@]3(C)C[C@@H](O)[C@@H](NC(C)=O)C([C@H](O)[C@H](O)CC)O3)C2O)C1C. The number of rotatable bonds is 14. The maximum Gasteiger partial charge on any atom is 0.217 e. The van der Waals surface area contributed by atoms with Crippen LogP contribution in [0.3, 0.4) is 0 Å². The van der Waals surface area contributed by atoms with E-state index in [0.29, 0.717) is 6.61 Å². The molecule has 5 unspecified atom stereocenters. The zero-order chi connectivity index (χ0) is 33.6. The fourth-order valence-corrected chi connectivity index (χ4v) is 6.06. The van der Waals surface area contributed by atoms with Gasteiger partial charge in [0.25, 0.3) is 0 Å². The summed E-state index contributed by atoms with van der Waals surface area (Å²) in [6, 6.07) is -1.12. The van der Waals surface area contributed by atoms with Crippen molar-refractivity contribution in [2.75, 3.05) is 19.8 Å². The second-order valence-electron chi connectivity index (χ2n) is 12.4. The lowest BCUT2D eigenvalue weighted by Gasteiger charge is -2.51. The minimum Gasteiger partial charge on any atom is -0.394 e. The molecule has 0 aliphatic carbocycles. The van der Waals surface area contributed by atoms with Crippen molar-refractivity contribution in [1.29, 1.82) is 0 Å². The van der Waals surface area contributed by atoms with Gasteiger partial charge in [0.15, 0.2) is 18.4 Å². The first-order valence-corrected chi connectivity index (χ1v) is 15.7. The van der Waals surface area contributed by atoms with E-state index in [-0.39, 0.29) is 12.8 Å². The summed E-state index contributed by atoms with van der Waals surface area (Å²) in [5.74, 6) is -2.92. The van der Waals surface area contributed by atoms with Gasteiger partial charge >= 0.3 is 0 Å². The maximum atomic E-state index is 11.9. The molecule has 0 aromatic heterocycles. The third-order valence-corrected chi connectivity index (χ3v) is 8.69. The van der Waals surface area contributed by atoms with Crippen LogP contribution >= 0.6 is 0 Å². The zero-order valence-corrected chi connectivity index (χ0v) is 26.5. The molecule has 264 valence electrons. The molecule has 0 spiro atoms. The van der Waals surface area contributed by atoms with Gasteiger partial charge in [-0.15, -0.1) is 0 Å². The quantitative estimate of drug-likeness (QED) is 0.0860. The third kappa shape index (κ3) is 9.08. The van der Waals surface area contributed by atoms with Crippen molar-refractivity contribution in [3.63, 3.8) is 0 Å². The Morgan fingerprint density at radius 1 is 0.978 bits per heavy atom. The summed E-state index contributed by atoms with van der Waals surface area (Å²) < 4.78 is 35.4. The van der Waals surface area contributed by atoms with Crippen molar-refractivity contribution in [3.8, 4) is 0 Å². The van der Waals surface area contributed by atoms with Crippen LogP contribution in [0.5, 0.6) is 0 Å². The fraction of sp³-hybridized carbons (Fsp3) is 0.966. The summed E-state index contributed by atoms with van der Waals surface area (Å²) in [6.45, 7) is 7.03. The average molecular weight is 656 g/mol. The van der Waals surface area contributed by atoms with Gasteiger partial charge in [-0.2, -0.15) is 0 Å². The van der Waals surface area contributed by atoms with E-state index in [2.05, 4.69) is 5.32 Å². The lowest BCUT2D eigenvalue weighted by Crippen LogP contribution is -2.68. The highest BCUT2D eigenvalue weighted by molar-refractivity contribution is 5.73. The van der Waals surface area contributed by atoms with Crippen molar-refractivity contribution in [2.24, 2.45) is 5.92 Å². The molecule has 45 heavy (non-hydrogen) atoms. The molecule has 1 amide bonds. The minimum absolute atomic E-state index is 0.133. The van der Waals surface area contributed by atoms with Gasteiger partial charge in [0.1, 0.15) is 48.8 Å². The monoisotopic (exact) mass is 655 g/mol. The Morgan fingerprint density at radius 3 is 2.13 bits per heavy atom. The number of unbranched alkanes of at least 4 members (excludes halogenated alkanes) is 1. The van der Waals surface area contributed by atoms with Crippen LogP contribution < -0.4 is 5.32 Å². The molecule has 16 heteroatoms. The Hall–Kier alpha value is -1.09. The van der Waals surface area contributed by atoms with Crippen LogP contribution in [-0.2, 0) is 33.2 Å². The molecular weight excluding hydrogens is 602 g/mol. The molecule has 0 bridgehead atoms. The van der Waals surface area contributed by atoms with Crippen molar-refractivity contribution in [2.45, 2.75) is 152 Å². The molecule has 3 saturated heterocycles. The van der Waals surface area contributed by atoms with Gasteiger partial charge in [0.05, 0.1) is 37.6 Å². The molecule has 3 aliphatic heterocycles. The molecule has 3 rings (SSSR count). The molecular formula is C29H53NO15. The van der Waals surface area contributed by atoms with E-state index in [1.165, 1.54) is 13.8 Å². The predicted molar refractivity (Wildman–Crippen MR) is 153 cm³/mol. The van der Waals surface area contributed by atoms with Crippen molar-refractivity contribution in [3.05, 3.63) is 0 Å². The van der Waals surface area contributed by atoms with Gasteiger partial charge in [-0.05, 0) is 19.8 Å². The zero-order valence-electron chi connectivity index (χ0n) is 26.5. The average Bonchev–Trinajstić information content (AvgIpc) is 3.00. The van der Waals surface area contributed by atoms with E-state index < -0.39 is 117 Å². The summed E-state index contributed by atoms with van der Waals surface area (Å²) in [4.78, 5) is 11.9. The number of hydrogen-bond acceptors (Lipinski definition) is 15. The Balaban J connectivity index is 1.85. The molecule has 16 atom stereocenters. The Bertz CT molecular complexity index is 917. The largest absolute Gasteiger partial charge is 0.394 e. The van der Waals surface area contributed by atoms with E-state index in [1.54, 1.807) is 13.8 Å². The topological polar surface area (TPSA) is 246 Å². The van der Waals surface area contributed by atoms with Gasteiger partial charge in [-0.25, -0.2) is 0 Å². The van der Waals surface area contributed by atoms with E-state index in [1.807, 2.05) is 6.92 Å². The number of hydrogen-bond donors (Lipinski definition) is 9. The van der Waals surface area contributed by atoms with Crippen LogP contribution in [0.4, 0.5) is 0 Å². The molecule has 3 fully saturated rings. The molecule has 3 aliphatic rings. The molecule has 0 aromatic carbocycles. The summed E-state index contributed by atoms with van der Waals surface area (Å²) in [5.41, 5.74) is 0. The number of carbonyl (C=O) groups is 1. The summed E-state index contributed by atoms with van der Waals surface area (Å²) in [5, 5.41) is 87.9. The Labute approximate surface area is 263 Å². The highest BCUT2D eigenvalue weighted by Crippen LogP contribution is 2.38. The highest BCUT2D eigenvalue weighted by Gasteiger charge is 2.55. The first kappa shape index (κ1) is 38.4. The van der Waals surface area contributed by atoms with Crippen LogP contribution in [0.2, 0.25) is 0 Å².